The maximum atomic E-state index is 14.1. The predicted octanol–water partition coefficient (Wildman–Crippen LogP) is 8.46. The number of alkyl halides is 9. The molecule has 2 fully saturated rings. The fraction of sp³-hybridized carbons (Fsp3) is 0.559. The molecule has 0 spiro atoms. The normalized spacial score (nSPS) is 19.6. The molecule has 4 N–H and O–H groups in total. The summed E-state index contributed by atoms with van der Waals surface area (Å²) in [4.78, 5) is 31.7. The van der Waals surface area contributed by atoms with Crippen molar-refractivity contribution in [1.29, 1.82) is 0 Å². The molecule has 1 aliphatic carbocycles. The highest BCUT2D eigenvalue weighted by Gasteiger charge is 2.54. The molecule has 5 rings (SSSR count). The number of piperidine rings is 1. The van der Waals surface area contributed by atoms with Crippen LogP contribution in [0.4, 0.5) is 56.8 Å². The van der Waals surface area contributed by atoms with Gasteiger partial charge in [0.05, 0.1) is 50.5 Å². The van der Waals surface area contributed by atoms with Gasteiger partial charge in [0.15, 0.2) is 11.3 Å². The molecule has 20 heteroatoms. The van der Waals surface area contributed by atoms with Crippen LogP contribution in [0.3, 0.4) is 0 Å². The molecule has 0 radical (unpaired) electrons. The molecule has 0 atom stereocenters. The minimum absolute atomic E-state index is 0.00280. The zero-order chi connectivity index (χ0) is 40.0. The lowest BCUT2D eigenvalue weighted by Gasteiger charge is -2.40. The maximum absolute atomic E-state index is 14.1. The number of carbonyl (C=O) groups excluding carboxylic acids is 2. The van der Waals surface area contributed by atoms with Gasteiger partial charge in [0.25, 0.3) is 18.2 Å². The molecule has 1 saturated carbocycles. The number of amides is 2. The number of nitrogens with zero attached hydrogens (tertiary/aromatic N) is 3. The van der Waals surface area contributed by atoms with Crippen LogP contribution in [-0.2, 0) is 17.9 Å². The van der Waals surface area contributed by atoms with Gasteiger partial charge in [-0.2, -0.15) is 26.3 Å². The first-order valence-electron chi connectivity index (χ1n) is 16.9. The second-order valence-corrected chi connectivity index (χ2v) is 14.8. The number of nitrogens with one attached hydrogen (secondary N) is 3. The lowest BCUT2D eigenvalue weighted by atomic mass is 9.85. The van der Waals surface area contributed by atoms with Crippen LogP contribution < -0.4 is 20.9 Å². The van der Waals surface area contributed by atoms with Crippen molar-refractivity contribution >= 4 is 63.4 Å². The lowest BCUT2D eigenvalue weighted by molar-refractivity contribution is -0.266. The molecule has 9 nitrogen and oxygen atoms in total. The average molecular weight is 820 g/mol. The molecule has 1 saturated heterocycles. The SMILES string of the molecule is CC(C)(F)C(=O)NCc1ccc(Cl)c(Nc2nc3cc(C(=O)N[C@H]4CC[C@H](C(F)(F)F)CC4)c(N4CCC(O)(C(F)(F)F)CC4)cc3n2CC(F)F)c1Cl. The number of aliphatic hydroxyl groups is 1. The van der Waals surface area contributed by atoms with Crippen molar-refractivity contribution in [2.24, 2.45) is 5.92 Å². The van der Waals surface area contributed by atoms with E-state index in [1.165, 1.54) is 29.2 Å². The summed E-state index contributed by atoms with van der Waals surface area (Å²) in [6, 6.07) is 4.74. The van der Waals surface area contributed by atoms with E-state index in [4.69, 9.17) is 23.2 Å². The Morgan fingerprint density at radius 3 is 2.19 bits per heavy atom. The van der Waals surface area contributed by atoms with Gasteiger partial charge >= 0.3 is 12.4 Å². The number of anilines is 3. The molecule has 298 valence electrons. The number of benzene rings is 2. The van der Waals surface area contributed by atoms with Gasteiger partial charge in [-0.3, -0.25) is 9.59 Å². The van der Waals surface area contributed by atoms with E-state index in [0.29, 0.717) is 0 Å². The first kappa shape index (κ1) is 41.5. The number of fused-ring (bicyclic) bond motifs is 1. The molecular weight excluding hydrogens is 782 g/mol. The van der Waals surface area contributed by atoms with E-state index in [1.807, 2.05) is 0 Å². The van der Waals surface area contributed by atoms with Crippen LogP contribution in [0.15, 0.2) is 24.3 Å². The van der Waals surface area contributed by atoms with Crippen molar-refractivity contribution in [2.75, 3.05) is 23.3 Å². The summed E-state index contributed by atoms with van der Waals surface area (Å²) < 4.78 is 124. The van der Waals surface area contributed by atoms with Gasteiger partial charge in [-0.05, 0) is 63.3 Å². The summed E-state index contributed by atoms with van der Waals surface area (Å²) in [5, 5.41) is 18.2. The van der Waals surface area contributed by atoms with E-state index >= 15 is 0 Å². The van der Waals surface area contributed by atoms with Crippen LogP contribution >= 0.6 is 23.2 Å². The molecule has 0 bridgehead atoms. The van der Waals surface area contributed by atoms with Gasteiger partial charge in [0.2, 0.25) is 5.95 Å². The highest BCUT2D eigenvalue weighted by atomic mass is 35.5. The molecule has 2 amide bonds. The van der Waals surface area contributed by atoms with Crippen LogP contribution in [0.25, 0.3) is 11.0 Å². The number of rotatable bonds is 10. The van der Waals surface area contributed by atoms with E-state index in [1.54, 1.807) is 0 Å². The summed E-state index contributed by atoms with van der Waals surface area (Å²) in [7, 11) is 0. The maximum Gasteiger partial charge on any atom is 0.417 e. The number of imidazole rings is 1. The summed E-state index contributed by atoms with van der Waals surface area (Å²) in [6.45, 7) is 0.146. The minimum Gasteiger partial charge on any atom is -0.380 e. The molecular formula is C34H37Cl2F9N6O3. The molecule has 1 aromatic heterocycles. The van der Waals surface area contributed by atoms with Crippen molar-refractivity contribution in [1.82, 2.24) is 20.2 Å². The van der Waals surface area contributed by atoms with Gasteiger partial charge in [-0.25, -0.2) is 18.2 Å². The third kappa shape index (κ3) is 9.07. The van der Waals surface area contributed by atoms with E-state index in [0.717, 1.165) is 18.4 Å². The Labute approximate surface area is 313 Å². The Hall–Kier alpha value is -3.64. The van der Waals surface area contributed by atoms with Crippen molar-refractivity contribution in [3.8, 4) is 0 Å². The van der Waals surface area contributed by atoms with Crippen molar-refractivity contribution in [3.63, 3.8) is 0 Å². The summed E-state index contributed by atoms with van der Waals surface area (Å²) in [6.07, 6.45) is -14.2. The van der Waals surface area contributed by atoms with E-state index in [9.17, 15) is 54.2 Å². The lowest BCUT2D eigenvalue weighted by Crippen LogP contribution is -2.53. The quantitative estimate of drug-likeness (QED) is 0.153. The number of carbonyl (C=O) groups is 2. The molecule has 2 heterocycles. The highest BCUT2D eigenvalue weighted by Crippen LogP contribution is 2.42. The molecule has 54 heavy (non-hydrogen) atoms. The molecule has 2 aromatic carbocycles. The average Bonchev–Trinajstić information content (AvgIpc) is 3.39. The van der Waals surface area contributed by atoms with E-state index in [2.05, 4.69) is 20.9 Å². The van der Waals surface area contributed by atoms with Gasteiger partial charge in [-0.1, -0.05) is 29.3 Å². The second kappa shape index (κ2) is 15.5. The zero-order valence-corrected chi connectivity index (χ0v) is 30.4. The zero-order valence-electron chi connectivity index (χ0n) is 28.9. The van der Waals surface area contributed by atoms with Gasteiger partial charge in [0.1, 0.15) is 0 Å². The molecule has 1 aliphatic heterocycles. The van der Waals surface area contributed by atoms with Crippen LogP contribution in [0.5, 0.6) is 0 Å². The topological polar surface area (TPSA) is 112 Å². The van der Waals surface area contributed by atoms with Crippen LogP contribution in [0.2, 0.25) is 10.0 Å². The van der Waals surface area contributed by atoms with Crippen molar-refractivity contribution in [3.05, 3.63) is 45.4 Å². The van der Waals surface area contributed by atoms with Crippen LogP contribution in [0.1, 0.15) is 68.3 Å². The second-order valence-electron chi connectivity index (χ2n) is 14.1. The highest BCUT2D eigenvalue weighted by molar-refractivity contribution is 6.39. The number of halogens is 11. The van der Waals surface area contributed by atoms with Crippen LogP contribution in [-0.4, -0.2) is 75.7 Å². The Kier molecular flexibility index (Phi) is 11.9. The number of hydrogen-bond acceptors (Lipinski definition) is 6. The number of aromatic nitrogens is 2. The molecule has 3 aromatic rings. The van der Waals surface area contributed by atoms with Gasteiger partial charge < -0.3 is 30.5 Å². The first-order chi connectivity index (χ1) is 25.0. The standard InChI is InChI=1S/C34H37Cl2F9N6O3/c1-31(2,39)29(53)46-15-17-3-8-21(35)27(26(17)36)49-30-48-22-13-20(28(52)47-19-6-4-18(5-7-19)33(40,41)42)23(14-24(22)51(30)16-25(37)38)50-11-9-32(54,10-12-50)34(43,44)45/h3,8,13-14,18-19,25,54H,4-7,9-12,15-16H2,1-2H3,(H,46,53)(H,47,52)(H,48,49)/t18-,19-. The minimum atomic E-state index is -4.94. The Balaban J connectivity index is 1.54. The Morgan fingerprint density at radius 1 is 1.00 bits per heavy atom. The fourth-order valence-corrected chi connectivity index (χ4v) is 7.13. The number of hydrogen-bond donors (Lipinski definition) is 4. The van der Waals surface area contributed by atoms with Crippen molar-refractivity contribution in [2.45, 2.75) is 102 Å². The van der Waals surface area contributed by atoms with Gasteiger partial charge in [0, 0.05) is 38.5 Å². The Bertz CT molecular complexity index is 1860. The molecule has 2 aliphatic rings. The monoisotopic (exact) mass is 818 g/mol. The van der Waals surface area contributed by atoms with Gasteiger partial charge in [-0.15, -0.1) is 0 Å². The summed E-state index contributed by atoms with van der Waals surface area (Å²) >= 11 is 13.0. The van der Waals surface area contributed by atoms with Crippen LogP contribution in [0, 0.1) is 5.92 Å². The third-order valence-corrected chi connectivity index (χ3v) is 10.5. The smallest absolute Gasteiger partial charge is 0.380 e. The Morgan fingerprint density at radius 2 is 1.63 bits per heavy atom. The summed E-state index contributed by atoms with van der Waals surface area (Å²) in [5.41, 5.74) is -5.05. The third-order valence-electron chi connectivity index (χ3n) is 9.80. The van der Waals surface area contributed by atoms with E-state index < -0.39 is 73.2 Å². The fourth-order valence-electron chi connectivity index (χ4n) is 6.60. The van der Waals surface area contributed by atoms with Crippen molar-refractivity contribution < 1.29 is 54.2 Å². The summed E-state index contributed by atoms with van der Waals surface area (Å²) in [5.74, 6) is -3.46. The largest absolute Gasteiger partial charge is 0.417 e. The first-order valence-corrected chi connectivity index (χ1v) is 17.7. The molecule has 0 unspecified atom stereocenters. The van der Waals surface area contributed by atoms with E-state index in [-0.39, 0.29) is 94.8 Å². The predicted molar refractivity (Wildman–Crippen MR) is 184 cm³/mol.